The summed E-state index contributed by atoms with van der Waals surface area (Å²) < 4.78 is 3.04. The molecule has 4 rings (SSSR count). The first-order chi connectivity index (χ1) is 14.7. The molecule has 8 heteroatoms. The molecule has 1 aromatic carbocycles. The van der Waals surface area contributed by atoms with E-state index in [9.17, 15) is 0 Å². The average Bonchev–Trinajstić information content (AvgIpc) is 3.39. The molecule has 1 aliphatic rings. The lowest BCUT2D eigenvalue weighted by Crippen LogP contribution is -2.52. The van der Waals surface area contributed by atoms with E-state index in [4.69, 9.17) is 11.6 Å². The number of aromatic nitrogens is 2. The van der Waals surface area contributed by atoms with Gasteiger partial charge < -0.3 is 14.8 Å². The van der Waals surface area contributed by atoms with Gasteiger partial charge in [-0.1, -0.05) is 41.9 Å². The van der Waals surface area contributed by atoms with Gasteiger partial charge in [0.15, 0.2) is 5.96 Å². The number of halogens is 1. The van der Waals surface area contributed by atoms with Gasteiger partial charge in [-0.3, -0.25) is 9.89 Å². The normalized spacial score (nSPS) is 15.5. The van der Waals surface area contributed by atoms with E-state index in [0.29, 0.717) is 6.54 Å². The topological polar surface area (TPSA) is 48.7 Å². The number of nitrogens with zero attached hydrogens (tertiary/aromatic N) is 5. The van der Waals surface area contributed by atoms with Crippen molar-refractivity contribution in [1.82, 2.24) is 24.7 Å². The monoisotopic (exact) mass is 442 g/mol. The van der Waals surface area contributed by atoms with Gasteiger partial charge >= 0.3 is 0 Å². The zero-order valence-corrected chi connectivity index (χ0v) is 18.7. The third kappa shape index (κ3) is 5.41. The summed E-state index contributed by atoms with van der Waals surface area (Å²) in [6.07, 6.45) is 3.89. The number of hydrogen-bond donors (Lipinski definition) is 1. The fraction of sp³-hybridized carbons (Fsp3) is 0.364. The van der Waals surface area contributed by atoms with E-state index in [-0.39, 0.29) is 0 Å². The van der Waals surface area contributed by atoms with Crippen LogP contribution in [0, 0.1) is 0 Å². The Hall–Kier alpha value is -2.35. The lowest BCUT2D eigenvalue weighted by molar-refractivity contribution is 0.173. The Kier molecular flexibility index (Phi) is 7.04. The van der Waals surface area contributed by atoms with Crippen molar-refractivity contribution in [3.8, 4) is 0 Å². The van der Waals surface area contributed by atoms with Crippen LogP contribution in [0.25, 0.3) is 0 Å². The number of piperazine rings is 1. The highest BCUT2D eigenvalue weighted by Gasteiger charge is 2.20. The van der Waals surface area contributed by atoms with Crippen LogP contribution in [0.3, 0.4) is 0 Å². The molecule has 1 saturated heterocycles. The van der Waals surface area contributed by atoms with Gasteiger partial charge in [-0.15, -0.1) is 11.3 Å². The van der Waals surface area contributed by atoms with Crippen LogP contribution < -0.4 is 5.32 Å². The first kappa shape index (κ1) is 20.9. The summed E-state index contributed by atoms with van der Waals surface area (Å²) in [4.78, 5) is 15.1. The minimum absolute atomic E-state index is 0.653. The standard InChI is InChI=1S/C22H27ClN6S/c1-24-22(28-13-11-27(12-14-28)17-19-7-8-20(23)30-19)26-15-21-25-9-10-29(21)16-18-5-3-2-4-6-18/h2-10H,11-17H2,1H3,(H,24,26). The Morgan fingerprint density at radius 3 is 2.60 bits per heavy atom. The van der Waals surface area contributed by atoms with Crippen LogP contribution in [0.15, 0.2) is 59.9 Å². The Morgan fingerprint density at radius 1 is 1.10 bits per heavy atom. The quantitative estimate of drug-likeness (QED) is 0.468. The molecule has 6 nitrogen and oxygen atoms in total. The van der Waals surface area contributed by atoms with Crippen LogP contribution in [0.4, 0.5) is 0 Å². The smallest absolute Gasteiger partial charge is 0.194 e. The zero-order chi connectivity index (χ0) is 20.8. The largest absolute Gasteiger partial charge is 0.349 e. The van der Waals surface area contributed by atoms with Gasteiger partial charge in [-0.2, -0.15) is 0 Å². The van der Waals surface area contributed by atoms with Gasteiger partial charge in [-0.05, 0) is 17.7 Å². The molecule has 158 valence electrons. The van der Waals surface area contributed by atoms with Crippen LogP contribution in [0.2, 0.25) is 4.34 Å². The third-order valence-corrected chi connectivity index (χ3v) is 6.51. The second-order valence-corrected chi connectivity index (χ2v) is 9.13. The molecule has 0 spiro atoms. The lowest BCUT2D eigenvalue weighted by Gasteiger charge is -2.36. The van der Waals surface area contributed by atoms with Crippen molar-refractivity contribution in [1.29, 1.82) is 0 Å². The Bertz CT molecular complexity index is 959. The third-order valence-electron chi connectivity index (χ3n) is 5.29. The molecule has 3 heterocycles. The summed E-state index contributed by atoms with van der Waals surface area (Å²) in [6.45, 7) is 6.38. The number of aliphatic imine (C=N–C) groups is 1. The molecule has 0 aliphatic carbocycles. The van der Waals surface area contributed by atoms with Gasteiger partial charge in [0.25, 0.3) is 0 Å². The molecule has 0 bridgehead atoms. The number of guanidine groups is 1. The molecule has 0 atom stereocenters. The van der Waals surface area contributed by atoms with Crippen LogP contribution in [-0.4, -0.2) is 58.5 Å². The molecular weight excluding hydrogens is 416 g/mol. The van der Waals surface area contributed by atoms with E-state index >= 15 is 0 Å². The summed E-state index contributed by atoms with van der Waals surface area (Å²) in [5, 5.41) is 3.49. The van der Waals surface area contributed by atoms with Gasteiger partial charge in [0, 0.05) is 63.6 Å². The van der Waals surface area contributed by atoms with Crippen molar-refractivity contribution in [2.45, 2.75) is 19.6 Å². The summed E-state index contributed by atoms with van der Waals surface area (Å²) >= 11 is 7.72. The maximum Gasteiger partial charge on any atom is 0.194 e. The number of benzene rings is 1. The first-order valence-corrected chi connectivity index (χ1v) is 11.4. The number of thiophene rings is 1. The fourth-order valence-corrected chi connectivity index (χ4v) is 4.83. The molecule has 1 fully saturated rings. The molecule has 0 radical (unpaired) electrons. The van der Waals surface area contributed by atoms with Crippen LogP contribution >= 0.6 is 22.9 Å². The molecule has 0 saturated carbocycles. The maximum absolute atomic E-state index is 6.06. The van der Waals surface area contributed by atoms with E-state index in [1.54, 1.807) is 11.3 Å². The number of rotatable bonds is 6. The second kappa shape index (κ2) is 10.1. The summed E-state index contributed by atoms with van der Waals surface area (Å²) in [7, 11) is 1.85. The molecule has 3 aromatic rings. The van der Waals surface area contributed by atoms with Crippen molar-refractivity contribution >= 4 is 28.9 Å². The lowest BCUT2D eigenvalue weighted by atomic mass is 10.2. The van der Waals surface area contributed by atoms with Crippen molar-refractivity contribution in [2.75, 3.05) is 33.2 Å². The van der Waals surface area contributed by atoms with Crippen molar-refractivity contribution < 1.29 is 0 Å². The highest BCUT2D eigenvalue weighted by molar-refractivity contribution is 7.16. The SMILES string of the molecule is CN=C(NCc1nccn1Cc1ccccc1)N1CCN(Cc2ccc(Cl)s2)CC1. The first-order valence-electron chi connectivity index (χ1n) is 10.2. The molecule has 2 aromatic heterocycles. The molecule has 0 amide bonds. The summed E-state index contributed by atoms with van der Waals surface area (Å²) in [5.41, 5.74) is 1.27. The van der Waals surface area contributed by atoms with Crippen molar-refractivity contribution in [2.24, 2.45) is 4.99 Å². The second-order valence-electron chi connectivity index (χ2n) is 7.33. The molecule has 1 aliphatic heterocycles. The Morgan fingerprint density at radius 2 is 1.90 bits per heavy atom. The minimum atomic E-state index is 0.653. The minimum Gasteiger partial charge on any atom is -0.349 e. The zero-order valence-electron chi connectivity index (χ0n) is 17.2. The van der Waals surface area contributed by atoms with Gasteiger partial charge in [-0.25, -0.2) is 4.98 Å². The number of nitrogens with one attached hydrogen (secondary N) is 1. The van der Waals surface area contributed by atoms with E-state index in [1.807, 2.05) is 31.6 Å². The Balaban J connectivity index is 1.28. The van der Waals surface area contributed by atoms with E-state index < -0.39 is 0 Å². The van der Waals surface area contributed by atoms with Gasteiger partial charge in [0.2, 0.25) is 0 Å². The fourth-order valence-electron chi connectivity index (χ4n) is 3.70. The Labute approximate surface area is 186 Å². The number of hydrogen-bond acceptors (Lipinski definition) is 4. The van der Waals surface area contributed by atoms with Crippen LogP contribution in [0.5, 0.6) is 0 Å². The molecule has 1 N–H and O–H groups in total. The predicted octanol–water partition coefficient (Wildman–Crippen LogP) is 3.54. The van der Waals surface area contributed by atoms with Crippen molar-refractivity contribution in [3.05, 3.63) is 75.5 Å². The highest BCUT2D eigenvalue weighted by atomic mass is 35.5. The van der Waals surface area contributed by atoms with E-state index in [0.717, 1.165) is 55.4 Å². The highest BCUT2D eigenvalue weighted by Crippen LogP contribution is 2.23. The van der Waals surface area contributed by atoms with E-state index in [1.165, 1.54) is 10.4 Å². The summed E-state index contributed by atoms with van der Waals surface area (Å²) in [5.74, 6) is 1.94. The average molecular weight is 443 g/mol. The van der Waals surface area contributed by atoms with Crippen molar-refractivity contribution in [3.63, 3.8) is 0 Å². The van der Waals surface area contributed by atoms with E-state index in [2.05, 4.69) is 60.0 Å². The number of imidazole rings is 1. The predicted molar refractivity (Wildman–Crippen MR) is 124 cm³/mol. The van der Waals surface area contributed by atoms with Crippen LogP contribution in [0.1, 0.15) is 16.3 Å². The summed E-state index contributed by atoms with van der Waals surface area (Å²) in [6, 6.07) is 14.6. The van der Waals surface area contributed by atoms with Gasteiger partial charge in [0.1, 0.15) is 5.82 Å². The van der Waals surface area contributed by atoms with Gasteiger partial charge in [0.05, 0.1) is 10.9 Å². The molecule has 0 unspecified atom stereocenters. The molecule has 30 heavy (non-hydrogen) atoms. The maximum atomic E-state index is 6.06. The van der Waals surface area contributed by atoms with Crippen LogP contribution in [-0.2, 0) is 19.6 Å². The molecular formula is C22H27ClN6S.